The zero-order valence-corrected chi connectivity index (χ0v) is 18.6. The lowest BCUT2D eigenvalue weighted by Gasteiger charge is -2.04. The first-order valence-corrected chi connectivity index (χ1v) is 11.3. The summed E-state index contributed by atoms with van der Waals surface area (Å²) in [4.78, 5) is 34.0. The van der Waals surface area contributed by atoms with E-state index in [9.17, 15) is 14.4 Å². The third-order valence-corrected chi connectivity index (χ3v) is 4.73. The number of ether oxygens (including phenoxy) is 1. The van der Waals surface area contributed by atoms with Crippen molar-refractivity contribution in [3.05, 3.63) is 12.2 Å². The van der Waals surface area contributed by atoms with Crippen LogP contribution in [0.1, 0.15) is 96.8 Å². The Labute approximate surface area is 177 Å². The highest BCUT2D eigenvalue weighted by atomic mass is 16.5. The second-order valence-electron chi connectivity index (χ2n) is 7.43. The van der Waals surface area contributed by atoms with E-state index in [1.807, 2.05) is 0 Å². The molecular formula is C23H42N2O4. The van der Waals surface area contributed by atoms with Gasteiger partial charge < -0.3 is 15.4 Å². The summed E-state index contributed by atoms with van der Waals surface area (Å²) in [7, 11) is 1.31. The molecule has 29 heavy (non-hydrogen) atoms. The molecule has 0 aliphatic carbocycles. The predicted octanol–water partition coefficient (Wildman–Crippen LogP) is 4.43. The average Bonchev–Trinajstić information content (AvgIpc) is 2.72. The van der Waals surface area contributed by atoms with Gasteiger partial charge in [0, 0.05) is 19.4 Å². The second-order valence-corrected chi connectivity index (χ2v) is 7.43. The first-order valence-electron chi connectivity index (χ1n) is 11.3. The van der Waals surface area contributed by atoms with Crippen LogP contribution in [0.5, 0.6) is 0 Å². The molecule has 0 aliphatic heterocycles. The highest BCUT2D eigenvalue weighted by molar-refractivity contribution is 5.81. The van der Waals surface area contributed by atoms with Gasteiger partial charge in [0.2, 0.25) is 11.8 Å². The van der Waals surface area contributed by atoms with Gasteiger partial charge in [0.05, 0.1) is 7.11 Å². The summed E-state index contributed by atoms with van der Waals surface area (Å²) in [5.41, 5.74) is 0. The molecule has 0 heterocycles. The highest BCUT2D eigenvalue weighted by Crippen LogP contribution is 2.07. The Bertz CT molecular complexity index is 464. The Morgan fingerprint density at radius 2 is 1.28 bits per heavy atom. The average molecular weight is 411 g/mol. The maximum Gasteiger partial charge on any atom is 0.325 e. The first-order chi connectivity index (χ1) is 14.1. The Hall–Kier alpha value is -1.85. The number of carbonyl (C=O) groups is 3. The zero-order valence-electron chi connectivity index (χ0n) is 18.6. The number of methoxy groups -OCH3 is 1. The minimum absolute atomic E-state index is 0.0501. The maximum absolute atomic E-state index is 11.6. The number of carbonyl (C=O) groups excluding carboxylic acids is 3. The molecule has 0 atom stereocenters. The van der Waals surface area contributed by atoms with Crippen LogP contribution in [0.15, 0.2) is 12.2 Å². The lowest BCUT2D eigenvalue weighted by atomic mass is 10.1. The quantitative estimate of drug-likeness (QED) is 0.187. The molecule has 0 bridgehead atoms. The normalized spacial score (nSPS) is 10.8. The van der Waals surface area contributed by atoms with Gasteiger partial charge in [0.1, 0.15) is 6.54 Å². The van der Waals surface area contributed by atoms with Gasteiger partial charge in [-0.15, -0.1) is 0 Å². The van der Waals surface area contributed by atoms with Crippen molar-refractivity contribution in [2.75, 3.05) is 20.2 Å². The Balaban J connectivity index is 3.33. The summed E-state index contributed by atoms with van der Waals surface area (Å²) < 4.78 is 4.47. The number of unbranched alkanes of at least 4 members (excludes halogenated alkanes) is 9. The monoisotopic (exact) mass is 410 g/mol. The van der Waals surface area contributed by atoms with E-state index in [2.05, 4.69) is 34.4 Å². The fourth-order valence-electron chi connectivity index (χ4n) is 2.88. The van der Waals surface area contributed by atoms with Crippen LogP contribution in [-0.4, -0.2) is 38.0 Å². The van der Waals surface area contributed by atoms with Crippen molar-refractivity contribution in [3.8, 4) is 0 Å². The molecule has 0 saturated heterocycles. The SMILES string of the molecule is CCCCCCC(=O)NCCCCC=CCCCCCCC(=O)NCC(=O)OC. The standard InChI is InChI=1S/C23H42N2O4/c1-3-4-5-14-17-21(26)24-19-16-13-11-9-7-6-8-10-12-15-18-22(27)25-20-23(28)29-2/h7,9H,3-6,8,10-20H2,1-2H3,(H,24,26)(H,25,27). The van der Waals surface area contributed by atoms with Crippen LogP contribution in [-0.2, 0) is 19.1 Å². The summed E-state index contributed by atoms with van der Waals surface area (Å²) >= 11 is 0. The lowest BCUT2D eigenvalue weighted by molar-refractivity contribution is -0.141. The van der Waals surface area contributed by atoms with E-state index in [0.717, 1.165) is 70.8 Å². The van der Waals surface area contributed by atoms with Crippen LogP contribution < -0.4 is 10.6 Å². The molecule has 6 heteroatoms. The first kappa shape index (κ1) is 27.1. The molecule has 6 nitrogen and oxygen atoms in total. The third-order valence-electron chi connectivity index (χ3n) is 4.73. The molecule has 0 radical (unpaired) electrons. The molecule has 0 aromatic rings. The van der Waals surface area contributed by atoms with Crippen molar-refractivity contribution < 1.29 is 19.1 Å². The summed E-state index contributed by atoms with van der Waals surface area (Å²) in [5.74, 6) is -0.326. The molecule has 0 spiro atoms. The van der Waals surface area contributed by atoms with E-state index in [0.29, 0.717) is 12.8 Å². The van der Waals surface area contributed by atoms with Crippen LogP contribution >= 0.6 is 0 Å². The molecule has 2 amide bonds. The van der Waals surface area contributed by atoms with Gasteiger partial charge >= 0.3 is 5.97 Å². The van der Waals surface area contributed by atoms with Crippen molar-refractivity contribution >= 4 is 17.8 Å². The van der Waals surface area contributed by atoms with E-state index in [4.69, 9.17) is 0 Å². The third kappa shape index (κ3) is 20.7. The number of nitrogens with one attached hydrogen (secondary N) is 2. The highest BCUT2D eigenvalue weighted by Gasteiger charge is 2.04. The van der Waals surface area contributed by atoms with Crippen molar-refractivity contribution in [2.24, 2.45) is 0 Å². The van der Waals surface area contributed by atoms with Gasteiger partial charge in [-0.3, -0.25) is 14.4 Å². The number of esters is 1. The van der Waals surface area contributed by atoms with Gasteiger partial charge in [-0.25, -0.2) is 0 Å². The predicted molar refractivity (Wildman–Crippen MR) is 117 cm³/mol. The zero-order chi connectivity index (χ0) is 21.6. The lowest BCUT2D eigenvalue weighted by Crippen LogP contribution is -2.29. The van der Waals surface area contributed by atoms with Crippen molar-refractivity contribution in [1.82, 2.24) is 10.6 Å². The van der Waals surface area contributed by atoms with Crippen LogP contribution in [0.4, 0.5) is 0 Å². The maximum atomic E-state index is 11.6. The Kier molecular flexibility index (Phi) is 19.5. The Morgan fingerprint density at radius 3 is 1.90 bits per heavy atom. The van der Waals surface area contributed by atoms with E-state index in [-0.39, 0.29) is 18.4 Å². The van der Waals surface area contributed by atoms with Crippen LogP contribution in [0.2, 0.25) is 0 Å². The van der Waals surface area contributed by atoms with Gasteiger partial charge in [-0.05, 0) is 44.9 Å². The van der Waals surface area contributed by atoms with Crippen LogP contribution in [0.25, 0.3) is 0 Å². The van der Waals surface area contributed by atoms with E-state index in [1.54, 1.807) is 0 Å². The van der Waals surface area contributed by atoms with Crippen LogP contribution in [0.3, 0.4) is 0 Å². The number of allylic oxidation sites excluding steroid dienone is 2. The summed E-state index contributed by atoms with van der Waals surface area (Å²) in [5, 5.41) is 5.54. The fraction of sp³-hybridized carbons (Fsp3) is 0.783. The molecule has 0 unspecified atom stereocenters. The van der Waals surface area contributed by atoms with Gasteiger partial charge in [0.15, 0.2) is 0 Å². The summed E-state index contributed by atoms with van der Waals surface area (Å²) in [6, 6.07) is 0. The number of hydrogen-bond donors (Lipinski definition) is 2. The Morgan fingerprint density at radius 1 is 0.724 bits per heavy atom. The minimum Gasteiger partial charge on any atom is -0.468 e. The fourth-order valence-corrected chi connectivity index (χ4v) is 2.88. The molecule has 0 fully saturated rings. The second kappa shape index (κ2) is 20.9. The molecule has 2 N–H and O–H groups in total. The number of amides is 2. The van der Waals surface area contributed by atoms with E-state index >= 15 is 0 Å². The van der Waals surface area contributed by atoms with Crippen molar-refractivity contribution in [3.63, 3.8) is 0 Å². The van der Waals surface area contributed by atoms with Crippen molar-refractivity contribution in [1.29, 1.82) is 0 Å². The molecule has 168 valence electrons. The van der Waals surface area contributed by atoms with Crippen molar-refractivity contribution in [2.45, 2.75) is 96.8 Å². The summed E-state index contributed by atoms with van der Waals surface area (Å²) in [6.07, 6.45) is 18.6. The molecule has 0 aromatic heterocycles. The smallest absolute Gasteiger partial charge is 0.325 e. The number of rotatable bonds is 19. The van der Waals surface area contributed by atoms with Gasteiger partial charge in [-0.2, -0.15) is 0 Å². The largest absolute Gasteiger partial charge is 0.468 e. The van der Waals surface area contributed by atoms with Gasteiger partial charge in [-0.1, -0.05) is 51.2 Å². The summed E-state index contributed by atoms with van der Waals surface area (Å²) in [6.45, 7) is 2.91. The van der Waals surface area contributed by atoms with Gasteiger partial charge in [0.25, 0.3) is 0 Å². The van der Waals surface area contributed by atoms with E-state index < -0.39 is 5.97 Å². The van der Waals surface area contributed by atoms with Crippen LogP contribution in [0, 0.1) is 0 Å². The molecule has 0 aliphatic rings. The van der Waals surface area contributed by atoms with E-state index in [1.165, 1.54) is 20.0 Å². The molecule has 0 aromatic carbocycles. The molecule has 0 saturated carbocycles. The topological polar surface area (TPSA) is 84.5 Å². The molecular weight excluding hydrogens is 368 g/mol. The number of hydrogen-bond acceptors (Lipinski definition) is 4. The minimum atomic E-state index is -0.423. The molecule has 0 rings (SSSR count).